The van der Waals surface area contributed by atoms with E-state index < -0.39 is 0 Å². The number of fused-ring (bicyclic) bond motifs is 1. The third-order valence-corrected chi connectivity index (χ3v) is 7.98. The van der Waals surface area contributed by atoms with Gasteiger partial charge in [0.05, 0.1) is 5.76 Å². The predicted octanol–water partition coefficient (Wildman–Crippen LogP) is 9.07. The summed E-state index contributed by atoms with van der Waals surface area (Å²) in [5.74, 6) is 0.380. The largest absolute Gasteiger partial charge is 0.512 e. The topological polar surface area (TPSA) is 37.3 Å². The first-order chi connectivity index (χ1) is 16.2. The van der Waals surface area contributed by atoms with Gasteiger partial charge in [-0.2, -0.15) is 0 Å². The second kappa shape index (κ2) is 10.2. The Balaban J connectivity index is 0.000000320. The number of hydrogen-bond donors (Lipinski definition) is 1. The molecule has 2 aliphatic rings. The van der Waals surface area contributed by atoms with Crippen LogP contribution >= 0.6 is 0 Å². The highest BCUT2D eigenvalue weighted by molar-refractivity contribution is 5.95. The summed E-state index contributed by atoms with van der Waals surface area (Å²) in [6.07, 6.45) is 4.61. The number of aliphatic hydroxyl groups is 1. The van der Waals surface area contributed by atoms with Gasteiger partial charge in [0.25, 0.3) is 0 Å². The number of allylic oxidation sites excluding steroid dienone is 3. The molecule has 0 heterocycles. The van der Waals surface area contributed by atoms with Gasteiger partial charge >= 0.3 is 0 Å². The molecular formula is C33H44O2. The van der Waals surface area contributed by atoms with Crippen molar-refractivity contribution in [2.24, 2.45) is 0 Å². The third kappa shape index (κ3) is 5.80. The van der Waals surface area contributed by atoms with Crippen molar-refractivity contribution in [1.29, 1.82) is 0 Å². The molecule has 2 aromatic rings. The molecular weight excluding hydrogens is 428 g/mol. The Morgan fingerprint density at radius 1 is 0.829 bits per heavy atom. The van der Waals surface area contributed by atoms with E-state index in [1.807, 2.05) is 0 Å². The summed E-state index contributed by atoms with van der Waals surface area (Å²) in [7, 11) is 0. The molecule has 0 fully saturated rings. The minimum atomic E-state index is 0.0961. The number of hydrogen-bond acceptors (Lipinski definition) is 2. The summed E-state index contributed by atoms with van der Waals surface area (Å²) >= 11 is 0. The quantitative estimate of drug-likeness (QED) is 0.473. The highest BCUT2D eigenvalue weighted by Crippen LogP contribution is 2.47. The summed E-state index contributed by atoms with van der Waals surface area (Å²) in [5, 5.41) is 9.01. The molecule has 0 aromatic heterocycles. The van der Waals surface area contributed by atoms with E-state index in [4.69, 9.17) is 5.11 Å². The van der Waals surface area contributed by atoms with Crippen LogP contribution in [-0.4, -0.2) is 10.9 Å². The highest BCUT2D eigenvalue weighted by atomic mass is 16.3. The molecule has 2 heteroatoms. The minimum absolute atomic E-state index is 0.0961. The molecule has 188 valence electrons. The zero-order valence-electron chi connectivity index (χ0n) is 23.4. The maximum absolute atomic E-state index is 10.8. The van der Waals surface area contributed by atoms with E-state index in [0.29, 0.717) is 18.4 Å². The average Bonchev–Trinajstić information content (AvgIpc) is 2.78. The predicted molar refractivity (Wildman–Crippen MR) is 149 cm³/mol. The Bertz CT molecular complexity index is 1170. The third-order valence-electron chi connectivity index (χ3n) is 7.98. The standard InChI is InChI=1S/C26H34.C7H10O2/c1-17(2)24(20-11-9-18(3)10-12-20)21-16-23-22(15-19(21)4)25(5,6)13-14-26(23,7)8;1-5-6(8)3-2-4-7(5)9/h9-12,15-16H,13-14H2,1-8H3;8H,2-4H2,1H3. The summed E-state index contributed by atoms with van der Waals surface area (Å²) in [6, 6.07) is 14.0. The SMILES string of the molecule is CC(C)=C(c1ccc(C)cc1)c1cc2c(cc1C)C(C)(C)CCC2(C)C.CC1=C(O)CCCC1=O. The van der Waals surface area contributed by atoms with Crippen LogP contribution in [0, 0.1) is 13.8 Å². The summed E-state index contributed by atoms with van der Waals surface area (Å²) in [5.41, 5.74) is 12.4. The number of rotatable bonds is 2. The average molecular weight is 473 g/mol. The molecule has 0 unspecified atom stereocenters. The zero-order chi connectivity index (χ0) is 26.1. The summed E-state index contributed by atoms with van der Waals surface area (Å²) in [4.78, 5) is 10.8. The molecule has 1 N–H and O–H groups in total. The van der Waals surface area contributed by atoms with Crippen molar-refractivity contribution in [3.63, 3.8) is 0 Å². The lowest BCUT2D eigenvalue weighted by Gasteiger charge is -2.42. The lowest BCUT2D eigenvalue weighted by Crippen LogP contribution is -2.34. The van der Waals surface area contributed by atoms with Crippen LogP contribution in [0.5, 0.6) is 0 Å². The first-order valence-electron chi connectivity index (χ1n) is 13.1. The van der Waals surface area contributed by atoms with Crippen LogP contribution in [-0.2, 0) is 15.6 Å². The fourth-order valence-electron chi connectivity index (χ4n) is 5.38. The Kier molecular flexibility index (Phi) is 7.84. The van der Waals surface area contributed by atoms with E-state index in [9.17, 15) is 4.79 Å². The van der Waals surface area contributed by atoms with Crippen LogP contribution in [0.1, 0.15) is 114 Å². The van der Waals surface area contributed by atoms with E-state index >= 15 is 0 Å². The van der Waals surface area contributed by atoms with E-state index in [1.165, 1.54) is 46.2 Å². The van der Waals surface area contributed by atoms with Gasteiger partial charge < -0.3 is 5.11 Å². The van der Waals surface area contributed by atoms with E-state index in [2.05, 4.69) is 91.8 Å². The van der Waals surface area contributed by atoms with Crippen LogP contribution in [0.25, 0.3) is 5.57 Å². The van der Waals surface area contributed by atoms with Gasteiger partial charge in [-0.25, -0.2) is 0 Å². The van der Waals surface area contributed by atoms with E-state index in [0.717, 1.165) is 6.42 Å². The normalized spacial score (nSPS) is 18.4. The monoisotopic (exact) mass is 472 g/mol. The molecule has 4 rings (SSSR count). The molecule has 0 bridgehead atoms. The van der Waals surface area contributed by atoms with Crippen LogP contribution in [0.4, 0.5) is 0 Å². The van der Waals surface area contributed by atoms with Crippen LogP contribution in [0.2, 0.25) is 0 Å². The van der Waals surface area contributed by atoms with Gasteiger partial charge in [0.1, 0.15) is 0 Å². The van der Waals surface area contributed by atoms with Gasteiger partial charge in [-0.3, -0.25) is 4.79 Å². The number of ketones is 1. The number of carbonyl (C=O) groups excluding carboxylic acids is 1. The Morgan fingerprint density at radius 2 is 1.37 bits per heavy atom. The minimum Gasteiger partial charge on any atom is -0.512 e. The first-order valence-corrected chi connectivity index (χ1v) is 13.1. The van der Waals surface area contributed by atoms with Crippen molar-refractivity contribution < 1.29 is 9.90 Å². The molecule has 2 aliphatic carbocycles. The number of carbonyl (C=O) groups is 1. The van der Waals surface area contributed by atoms with Crippen molar-refractivity contribution in [2.75, 3.05) is 0 Å². The molecule has 0 aliphatic heterocycles. The number of benzene rings is 2. The Morgan fingerprint density at radius 3 is 1.86 bits per heavy atom. The zero-order valence-corrected chi connectivity index (χ0v) is 23.4. The fourth-order valence-corrected chi connectivity index (χ4v) is 5.38. The number of aryl methyl sites for hydroxylation is 2. The Labute approximate surface area is 213 Å². The first kappa shape index (κ1) is 27.0. The fraction of sp³-hybridized carbons (Fsp3) is 0.485. The lowest BCUT2D eigenvalue weighted by molar-refractivity contribution is -0.116. The van der Waals surface area contributed by atoms with Gasteiger partial charge in [-0.15, -0.1) is 0 Å². The smallest absolute Gasteiger partial charge is 0.161 e. The van der Waals surface area contributed by atoms with Crippen molar-refractivity contribution >= 4 is 11.4 Å². The Hall–Kier alpha value is -2.61. The lowest BCUT2D eigenvalue weighted by atomic mass is 9.62. The molecule has 35 heavy (non-hydrogen) atoms. The van der Waals surface area contributed by atoms with Crippen LogP contribution < -0.4 is 0 Å². The van der Waals surface area contributed by atoms with E-state index in [-0.39, 0.29) is 22.4 Å². The number of Topliss-reactive ketones (excluding diaryl/α,β-unsaturated/α-hetero) is 1. The van der Waals surface area contributed by atoms with E-state index in [1.54, 1.807) is 18.1 Å². The van der Waals surface area contributed by atoms with Gasteiger partial charge in [0.15, 0.2) is 5.78 Å². The maximum Gasteiger partial charge on any atom is 0.161 e. The highest BCUT2D eigenvalue weighted by Gasteiger charge is 2.37. The second-order valence-electron chi connectivity index (χ2n) is 12.1. The summed E-state index contributed by atoms with van der Waals surface area (Å²) < 4.78 is 0. The van der Waals surface area contributed by atoms with Crippen molar-refractivity contribution in [3.8, 4) is 0 Å². The molecule has 2 nitrogen and oxygen atoms in total. The molecule has 2 aromatic carbocycles. The molecule has 0 amide bonds. The molecule has 0 atom stereocenters. The van der Waals surface area contributed by atoms with Gasteiger partial charge in [-0.05, 0) is 98.1 Å². The molecule has 0 saturated carbocycles. The van der Waals surface area contributed by atoms with Gasteiger partial charge in [-0.1, -0.05) is 75.2 Å². The van der Waals surface area contributed by atoms with Crippen molar-refractivity contribution in [3.05, 3.63) is 86.7 Å². The second-order valence-corrected chi connectivity index (χ2v) is 12.1. The van der Waals surface area contributed by atoms with Crippen molar-refractivity contribution in [2.45, 2.75) is 105 Å². The van der Waals surface area contributed by atoms with Gasteiger partial charge in [0, 0.05) is 18.4 Å². The van der Waals surface area contributed by atoms with Crippen LogP contribution in [0.15, 0.2) is 53.3 Å². The molecule has 0 radical (unpaired) electrons. The molecule has 0 spiro atoms. The van der Waals surface area contributed by atoms with Crippen molar-refractivity contribution in [1.82, 2.24) is 0 Å². The van der Waals surface area contributed by atoms with Gasteiger partial charge in [0.2, 0.25) is 0 Å². The summed E-state index contributed by atoms with van der Waals surface area (Å²) in [6.45, 7) is 20.2. The maximum atomic E-state index is 10.8. The van der Waals surface area contributed by atoms with Crippen LogP contribution in [0.3, 0.4) is 0 Å². The number of aliphatic hydroxyl groups excluding tert-OH is 1. The molecule has 0 saturated heterocycles.